The summed E-state index contributed by atoms with van der Waals surface area (Å²) >= 11 is 0. The minimum absolute atomic E-state index is 0.993. The van der Waals surface area contributed by atoms with Crippen LogP contribution in [0.3, 0.4) is 0 Å². The molecule has 0 atom stereocenters. The molecule has 1 aromatic carbocycles. The molecule has 0 bridgehead atoms. The molecule has 3 heteroatoms. The highest BCUT2D eigenvalue weighted by molar-refractivity contribution is 5.50. The quantitative estimate of drug-likeness (QED) is 0.715. The van der Waals surface area contributed by atoms with Gasteiger partial charge in [0.1, 0.15) is 0 Å². The van der Waals surface area contributed by atoms with Gasteiger partial charge in [-0.15, -0.1) is 0 Å². The number of aromatic nitrogens is 1. The largest absolute Gasteiger partial charge is 0.490 e. The standard InChI is InChI=1S/C8H8.C7H7NO2/c1-2-8-6-4-3-5-7-8;1-6-2-4-8(5-3-6)7(9)10/h2-7H,1H2;2-5H,1H3. The van der Waals surface area contributed by atoms with Crippen LogP contribution in [0, 0.1) is 6.92 Å². The maximum atomic E-state index is 10.2. The summed E-state index contributed by atoms with van der Waals surface area (Å²) in [6, 6.07) is 13.4. The highest BCUT2D eigenvalue weighted by Gasteiger charge is 1.97. The van der Waals surface area contributed by atoms with Crippen molar-refractivity contribution >= 4 is 12.2 Å². The lowest BCUT2D eigenvalue weighted by atomic mass is 10.2. The summed E-state index contributed by atoms with van der Waals surface area (Å²) in [4.78, 5) is 10.2. The van der Waals surface area contributed by atoms with Gasteiger partial charge in [0.2, 0.25) is 0 Å². The zero-order valence-electron chi connectivity index (χ0n) is 10.2. The summed E-state index contributed by atoms with van der Waals surface area (Å²) in [5.41, 5.74) is 2.20. The second kappa shape index (κ2) is 7.01. The van der Waals surface area contributed by atoms with Crippen molar-refractivity contribution in [3.8, 4) is 0 Å². The third-order valence-electron chi connectivity index (χ3n) is 2.24. The Bertz CT molecular complexity index is 504. The normalized spacial score (nSPS) is 8.94. The van der Waals surface area contributed by atoms with Gasteiger partial charge in [0.25, 0.3) is 0 Å². The van der Waals surface area contributed by atoms with Crippen LogP contribution in [0.4, 0.5) is 4.79 Å². The first-order valence-corrected chi connectivity index (χ1v) is 5.50. The minimum Gasteiger partial charge on any atom is -0.490 e. The molecule has 2 aromatic rings. The van der Waals surface area contributed by atoms with Crippen LogP contribution in [-0.4, -0.2) is 6.09 Å². The number of rotatable bonds is 1. The first-order chi connectivity index (χ1) is 8.63. The molecule has 0 spiro atoms. The molecular formula is C15H15NO2. The molecule has 0 fully saturated rings. The van der Waals surface area contributed by atoms with Gasteiger partial charge < -0.3 is 9.90 Å². The molecule has 0 amide bonds. The molecule has 0 saturated carbocycles. The fourth-order valence-electron chi connectivity index (χ4n) is 1.21. The first kappa shape index (κ1) is 13.6. The molecule has 0 N–H and O–H groups in total. The number of carbonyl (C=O) groups excluding carboxylic acids is 1. The Morgan fingerprint density at radius 3 is 2.11 bits per heavy atom. The molecule has 92 valence electrons. The lowest BCUT2D eigenvalue weighted by Gasteiger charge is -1.92. The number of aryl methyl sites for hydroxylation is 1. The van der Waals surface area contributed by atoms with Gasteiger partial charge in [0, 0.05) is 12.1 Å². The van der Waals surface area contributed by atoms with Gasteiger partial charge in [-0.1, -0.05) is 43.0 Å². The smallest absolute Gasteiger partial charge is 0.343 e. The highest BCUT2D eigenvalue weighted by Crippen LogP contribution is 1.97. The zero-order chi connectivity index (χ0) is 13.4. The van der Waals surface area contributed by atoms with Crippen molar-refractivity contribution in [2.24, 2.45) is 0 Å². The Labute approximate surface area is 107 Å². The fourth-order valence-corrected chi connectivity index (χ4v) is 1.21. The fraction of sp³-hybridized carbons (Fsp3) is 0.0667. The SMILES string of the molecule is C=Cc1ccccc1.Cc1cc[n+](C(=O)[O-])cc1. The van der Waals surface area contributed by atoms with Crippen LogP contribution in [0.25, 0.3) is 6.08 Å². The van der Waals surface area contributed by atoms with Gasteiger partial charge in [0.15, 0.2) is 12.4 Å². The molecule has 3 nitrogen and oxygen atoms in total. The molecule has 1 heterocycles. The van der Waals surface area contributed by atoms with E-state index in [2.05, 4.69) is 6.58 Å². The molecule has 1 aromatic heterocycles. The lowest BCUT2D eigenvalue weighted by molar-refractivity contribution is -0.631. The number of hydrogen-bond acceptors (Lipinski definition) is 2. The lowest BCUT2D eigenvalue weighted by Crippen LogP contribution is -2.51. The Balaban J connectivity index is 0.000000184. The van der Waals surface area contributed by atoms with Crippen molar-refractivity contribution in [2.45, 2.75) is 6.92 Å². The van der Waals surface area contributed by atoms with Crippen LogP contribution in [0.15, 0.2) is 61.4 Å². The van der Waals surface area contributed by atoms with E-state index in [4.69, 9.17) is 0 Å². The van der Waals surface area contributed by atoms with E-state index in [9.17, 15) is 9.90 Å². The molecular weight excluding hydrogens is 226 g/mol. The molecule has 0 aliphatic carbocycles. The average molecular weight is 241 g/mol. The van der Waals surface area contributed by atoms with Crippen LogP contribution >= 0.6 is 0 Å². The van der Waals surface area contributed by atoms with Crippen molar-refractivity contribution in [3.63, 3.8) is 0 Å². The van der Waals surface area contributed by atoms with Crippen molar-refractivity contribution in [1.82, 2.24) is 0 Å². The van der Waals surface area contributed by atoms with Gasteiger partial charge in [-0.2, -0.15) is 4.57 Å². The second-order valence-corrected chi connectivity index (χ2v) is 3.66. The Morgan fingerprint density at radius 1 is 1.17 bits per heavy atom. The summed E-state index contributed by atoms with van der Waals surface area (Å²) in [7, 11) is 0. The molecule has 0 saturated heterocycles. The van der Waals surface area contributed by atoms with Crippen molar-refractivity contribution in [3.05, 3.63) is 72.6 Å². The third kappa shape index (κ3) is 4.61. The van der Waals surface area contributed by atoms with E-state index in [1.807, 2.05) is 43.3 Å². The third-order valence-corrected chi connectivity index (χ3v) is 2.24. The van der Waals surface area contributed by atoms with E-state index in [1.54, 1.807) is 12.1 Å². The molecule has 0 radical (unpaired) electrons. The Hall–Kier alpha value is -2.42. The van der Waals surface area contributed by atoms with Crippen molar-refractivity contribution in [1.29, 1.82) is 0 Å². The Morgan fingerprint density at radius 2 is 1.72 bits per heavy atom. The predicted octanol–water partition coefficient (Wildman–Crippen LogP) is 1.80. The summed E-state index contributed by atoms with van der Waals surface area (Å²) < 4.78 is 0.993. The monoisotopic (exact) mass is 241 g/mol. The molecule has 2 rings (SSSR count). The van der Waals surface area contributed by atoms with Crippen molar-refractivity contribution < 1.29 is 14.5 Å². The van der Waals surface area contributed by atoms with Gasteiger partial charge in [-0.25, -0.2) is 0 Å². The number of pyridine rings is 1. The van der Waals surface area contributed by atoms with Gasteiger partial charge in [0.05, 0.1) is 0 Å². The molecule has 0 aliphatic heterocycles. The van der Waals surface area contributed by atoms with E-state index in [0.29, 0.717) is 0 Å². The minimum atomic E-state index is -1.21. The van der Waals surface area contributed by atoms with Crippen LogP contribution in [0.1, 0.15) is 11.1 Å². The average Bonchev–Trinajstić information content (AvgIpc) is 2.41. The van der Waals surface area contributed by atoms with E-state index >= 15 is 0 Å². The topological polar surface area (TPSA) is 44.0 Å². The van der Waals surface area contributed by atoms with Gasteiger partial charge in [-0.3, -0.25) is 0 Å². The highest BCUT2D eigenvalue weighted by atomic mass is 16.4. The van der Waals surface area contributed by atoms with E-state index < -0.39 is 6.09 Å². The van der Waals surface area contributed by atoms with E-state index in [-0.39, 0.29) is 0 Å². The number of benzene rings is 1. The van der Waals surface area contributed by atoms with E-state index in [0.717, 1.165) is 10.1 Å². The zero-order valence-corrected chi connectivity index (χ0v) is 10.2. The number of nitrogens with zero attached hydrogens (tertiary/aromatic N) is 1. The summed E-state index contributed by atoms with van der Waals surface area (Å²) in [5, 5.41) is 10.2. The van der Waals surface area contributed by atoms with Crippen LogP contribution < -0.4 is 9.67 Å². The second-order valence-electron chi connectivity index (χ2n) is 3.66. The molecule has 0 unspecified atom stereocenters. The van der Waals surface area contributed by atoms with Crippen molar-refractivity contribution in [2.75, 3.05) is 0 Å². The predicted molar refractivity (Wildman–Crippen MR) is 68.7 cm³/mol. The summed E-state index contributed by atoms with van der Waals surface area (Å²) in [5.74, 6) is 0. The number of carbonyl (C=O) groups is 1. The maximum Gasteiger partial charge on any atom is 0.343 e. The van der Waals surface area contributed by atoms with Gasteiger partial charge >= 0.3 is 6.09 Å². The Kier molecular flexibility index (Phi) is 5.32. The summed E-state index contributed by atoms with van der Waals surface area (Å²) in [6.45, 7) is 5.52. The maximum absolute atomic E-state index is 10.2. The first-order valence-electron chi connectivity index (χ1n) is 5.50. The van der Waals surface area contributed by atoms with Crippen LogP contribution in [0.5, 0.6) is 0 Å². The number of hydrogen-bond donors (Lipinski definition) is 0. The van der Waals surface area contributed by atoms with Crippen LogP contribution in [0.2, 0.25) is 0 Å². The molecule has 0 aliphatic rings. The molecule has 18 heavy (non-hydrogen) atoms. The summed E-state index contributed by atoms with van der Waals surface area (Å²) in [6.07, 6.45) is 3.52. The van der Waals surface area contributed by atoms with E-state index in [1.165, 1.54) is 18.0 Å². The number of carboxylic acid groups (broad SMARTS) is 1. The van der Waals surface area contributed by atoms with Crippen LogP contribution in [-0.2, 0) is 0 Å². The van der Waals surface area contributed by atoms with Gasteiger partial charge in [-0.05, 0) is 18.1 Å².